The summed E-state index contributed by atoms with van der Waals surface area (Å²) in [5.41, 5.74) is 5.24. The number of aliphatic carboxylic acids is 1. The molecule has 2 unspecified atom stereocenters. The van der Waals surface area contributed by atoms with Crippen molar-refractivity contribution in [3.05, 3.63) is 16.9 Å². The van der Waals surface area contributed by atoms with Crippen molar-refractivity contribution >= 4 is 17.6 Å². The van der Waals surface area contributed by atoms with E-state index in [-0.39, 0.29) is 6.04 Å². The largest absolute Gasteiger partial charge is 0.480 e. The summed E-state index contributed by atoms with van der Waals surface area (Å²) in [6.45, 7) is 5.19. The number of hydrogen-bond donors (Lipinski definition) is 2. The number of hydrogen-bond acceptors (Lipinski definition) is 3. The third-order valence-corrected chi connectivity index (χ3v) is 2.98. The van der Waals surface area contributed by atoms with E-state index in [1.807, 2.05) is 13.8 Å². The van der Waals surface area contributed by atoms with Gasteiger partial charge in [-0.2, -0.15) is 5.10 Å². The maximum Gasteiger partial charge on any atom is 0.323 e. The van der Waals surface area contributed by atoms with Gasteiger partial charge in [-0.3, -0.25) is 9.48 Å². The molecule has 0 aliphatic heterocycles. The molecule has 0 saturated heterocycles. The Morgan fingerprint density at radius 3 is 2.75 bits per heavy atom. The third kappa shape index (κ3) is 2.54. The van der Waals surface area contributed by atoms with Crippen molar-refractivity contribution in [1.29, 1.82) is 0 Å². The van der Waals surface area contributed by atoms with Crippen molar-refractivity contribution in [3.63, 3.8) is 0 Å². The molecule has 1 rings (SSSR count). The molecule has 0 bridgehead atoms. The summed E-state index contributed by atoms with van der Waals surface area (Å²) in [7, 11) is 0. The third-order valence-electron chi connectivity index (χ3n) is 2.61. The maximum absolute atomic E-state index is 10.9. The predicted octanol–water partition coefficient (Wildman–Crippen LogP) is 1.60. The summed E-state index contributed by atoms with van der Waals surface area (Å²) >= 11 is 5.88. The zero-order chi connectivity index (χ0) is 12.5. The molecule has 0 saturated carbocycles. The van der Waals surface area contributed by atoms with Gasteiger partial charge in [-0.25, -0.2) is 0 Å². The van der Waals surface area contributed by atoms with Crippen molar-refractivity contribution in [2.75, 3.05) is 0 Å². The molecule has 1 aromatic rings. The number of aromatic nitrogens is 2. The fourth-order valence-electron chi connectivity index (χ4n) is 1.63. The summed E-state index contributed by atoms with van der Waals surface area (Å²) in [4.78, 5) is 10.9. The normalized spacial score (nSPS) is 16.8. The maximum atomic E-state index is 10.9. The van der Waals surface area contributed by atoms with E-state index in [9.17, 15) is 4.79 Å². The van der Waals surface area contributed by atoms with E-state index in [4.69, 9.17) is 22.4 Å². The Morgan fingerprint density at radius 2 is 2.38 bits per heavy atom. The number of halogens is 1. The highest BCUT2D eigenvalue weighted by molar-refractivity contribution is 6.31. The first kappa shape index (κ1) is 13.0. The van der Waals surface area contributed by atoms with Gasteiger partial charge < -0.3 is 10.8 Å². The Kier molecular flexibility index (Phi) is 3.60. The molecule has 1 aromatic heterocycles. The van der Waals surface area contributed by atoms with E-state index in [0.29, 0.717) is 11.4 Å². The van der Waals surface area contributed by atoms with E-state index in [0.717, 1.165) is 5.69 Å². The van der Waals surface area contributed by atoms with Gasteiger partial charge in [0.25, 0.3) is 0 Å². The molecule has 90 valence electrons. The molecule has 0 spiro atoms. The van der Waals surface area contributed by atoms with Crippen LogP contribution in [0.5, 0.6) is 0 Å². The lowest BCUT2D eigenvalue weighted by atomic mass is 9.95. The number of carboxylic acid groups (broad SMARTS) is 1. The van der Waals surface area contributed by atoms with Crippen molar-refractivity contribution < 1.29 is 9.90 Å². The van der Waals surface area contributed by atoms with Crippen molar-refractivity contribution in [1.82, 2.24) is 9.78 Å². The van der Waals surface area contributed by atoms with E-state index in [2.05, 4.69) is 5.10 Å². The van der Waals surface area contributed by atoms with Crippen molar-refractivity contribution in [3.8, 4) is 0 Å². The van der Waals surface area contributed by atoms with Gasteiger partial charge in [0.15, 0.2) is 0 Å². The second kappa shape index (κ2) is 4.43. The van der Waals surface area contributed by atoms with Crippen LogP contribution in [0.25, 0.3) is 0 Å². The van der Waals surface area contributed by atoms with Crippen LogP contribution in [0.15, 0.2) is 6.20 Å². The summed E-state index contributed by atoms with van der Waals surface area (Å²) in [5.74, 6) is -1.02. The van der Waals surface area contributed by atoms with Gasteiger partial charge in [0.2, 0.25) is 0 Å². The van der Waals surface area contributed by atoms with Crippen molar-refractivity contribution in [2.24, 2.45) is 5.73 Å². The fraction of sp³-hybridized carbons (Fsp3) is 0.600. The van der Waals surface area contributed by atoms with Gasteiger partial charge in [-0.1, -0.05) is 11.6 Å². The topological polar surface area (TPSA) is 81.1 Å². The summed E-state index contributed by atoms with van der Waals surface area (Å²) in [5, 5.41) is 13.6. The minimum atomic E-state index is -1.26. The Bertz CT molecular complexity index is 401. The van der Waals surface area contributed by atoms with E-state index < -0.39 is 11.5 Å². The Labute approximate surface area is 99.2 Å². The quantitative estimate of drug-likeness (QED) is 0.844. The molecule has 0 amide bonds. The molecule has 2 atom stereocenters. The van der Waals surface area contributed by atoms with Crippen LogP contribution in [0.2, 0.25) is 5.02 Å². The van der Waals surface area contributed by atoms with Gasteiger partial charge >= 0.3 is 5.97 Å². The molecule has 16 heavy (non-hydrogen) atoms. The number of rotatable bonds is 4. The number of carbonyl (C=O) groups is 1. The SMILES string of the molecule is Cc1c(Cl)cnn1C(C)CC(C)(N)C(=O)O. The Hall–Kier alpha value is -1.07. The lowest BCUT2D eigenvalue weighted by Crippen LogP contribution is -2.46. The molecule has 3 N–H and O–H groups in total. The van der Waals surface area contributed by atoms with Gasteiger partial charge in [0, 0.05) is 0 Å². The standard InChI is InChI=1S/C10H16ClN3O2/c1-6(4-10(3,12)9(15)16)14-7(2)8(11)5-13-14/h5-6H,4,12H2,1-3H3,(H,15,16). The lowest BCUT2D eigenvalue weighted by Gasteiger charge is -2.24. The molecular formula is C10H16ClN3O2. The predicted molar refractivity (Wildman–Crippen MR) is 61.5 cm³/mol. The molecular weight excluding hydrogens is 230 g/mol. The van der Waals surface area contributed by atoms with Gasteiger partial charge in [0.05, 0.1) is 23.0 Å². The average molecular weight is 246 g/mol. The first-order valence-electron chi connectivity index (χ1n) is 4.97. The van der Waals surface area contributed by atoms with Gasteiger partial charge in [0.1, 0.15) is 5.54 Å². The molecule has 6 heteroatoms. The summed E-state index contributed by atoms with van der Waals surface area (Å²) in [6.07, 6.45) is 1.84. The number of nitrogens with two attached hydrogens (primary N) is 1. The molecule has 0 aliphatic rings. The second-order valence-electron chi connectivity index (χ2n) is 4.30. The summed E-state index contributed by atoms with van der Waals surface area (Å²) < 4.78 is 1.69. The van der Waals surface area contributed by atoms with Gasteiger partial charge in [-0.05, 0) is 27.2 Å². The molecule has 0 aliphatic carbocycles. The van der Waals surface area contributed by atoms with Crippen LogP contribution in [0.1, 0.15) is 32.0 Å². The minimum Gasteiger partial charge on any atom is -0.480 e. The average Bonchev–Trinajstić information content (AvgIpc) is 2.46. The summed E-state index contributed by atoms with van der Waals surface area (Å²) in [6, 6.07) is -0.112. The van der Waals surface area contributed by atoms with E-state index in [1.54, 1.807) is 10.9 Å². The monoisotopic (exact) mass is 245 g/mol. The zero-order valence-electron chi connectivity index (χ0n) is 9.57. The lowest BCUT2D eigenvalue weighted by molar-refractivity contribution is -0.143. The number of carboxylic acids is 1. The van der Waals surface area contributed by atoms with Crippen molar-refractivity contribution in [2.45, 2.75) is 38.8 Å². The molecule has 0 fully saturated rings. The highest BCUT2D eigenvalue weighted by atomic mass is 35.5. The van der Waals surface area contributed by atoms with Crippen LogP contribution in [-0.2, 0) is 4.79 Å². The van der Waals surface area contributed by atoms with Crippen LogP contribution in [0, 0.1) is 6.92 Å². The van der Waals surface area contributed by atoms with Crippen LogP contribution in [0.4, 0.5) is 0 Å². The zero-order valence-corrected chi connectivity index (χ0v) is 10.3. The van der Waals surface area contributed by atoms with Crippen LogP contribution < -0.4 is 5.73 Å². The molecule has 5 nitrogen and oxygen atoms in total. The second-order valence-corrected chi connectivity index (χ2v) is 4.71. The van der Waals surface area contributed by atoms with Gasteiger partial charge in [-0.15, -0.1) is 0 Å². The molecule has 0 radical (unpaired) electrons. The van der Waals surface area contributed by atoms with Crippen LogP contribution >= 0.6 is 11.6 Å². The van der Waals surface area contributed by atoms with Crippen LogP contribution in [-0.4, -0.2) is 26.4 Å². The highest BCUT2D eigenvalue weighted by Gasteiger charge is 2.31. The number of nitrogens with zero attached hydrogens (tertiary/aromatic N) is 2. The fourth-order valence-corrected chi connectivity index (χ4v) is 1.76. The van der Waals surface area contributed by atoms with Crippen LogP contribution in [0.3, 0.4) is 0 Å². The van der Waals surface area contributed by atoms with E-state index >= 15 is 0 Å². The highest BCUT2D eigenvalue weighted by Crippen LogP contribution is 2.23. The smallest absolute Gasteiger partial charge is 0.323 e. The Morgan fingerprint density at radius 1 is 1.81 bits per heavy atom. The first-order chi connectivity index (χ1) is 7.25. The first-order valence-corrected chi connectivity index (χ1v) is 5.35. The Balaban J connectivity index is 2.84. The van der Waals surface area contributed by atoms with E-state index in [1.165, 1.54) is 6.92 Å². The minimum absolute atomic E-state index is 0.112. The molecule has 0 aromatic carbocycles. The molecule has 1 heterocycles.